The number of hydrogen-bond donors (Lipinski definition) is 1. The molecule has 128 valence electrons. The van der Waals surface area contributed by atoms with Crippen molar-refractivity contribution in [2.75, 3.05) is 11.9 Å². The van der Waals surface area contributed by atoms with Crippen molar-refractivity contribution in [3.63, 3.8) is 0 Å². The van der Waals surface area contributed by atoms with Crippen molar-refractivity contribution < 1.29 is 18.3 Å². The van der Waals surface area contributed by atoms with Gasteiger partial charge in [0.2, 0.25) is 0 Å². The molecule has 0 amide bonds. The van der Waals surface area contributed by atoms with Gasteiger partial charge in [-0.2, -0.15) is 0 Å². The van der Waals surface area contributed by atoms with Crippen LogP contribution in [0, 0.1) is 11.6 Å². The quantitative estimate of drug-likeness (QED) is 0.715. The van der Waals surface area contributed by atoms with Gasteiger partial charge >= 0.3 is 5.97 Å². The third kappa shape index (κ3) is 4.06. The molecule has 5 nitrogen and oxygen atoms in total. The molecule has 7 heteroatoms. The van der Waals surface area contributed by atoms with Gasteiger partial charge in [0, 0.05) is 17.8 Å². The second-order valence-electron chi connectivity index (χ2n) is 5.31. The number of ether oxygens (including phenoxy) is 1. The second-order valence-corrected chi connectivity index (χ2v) is 5.31. The Morgan fingerprint density at radius 2 is 1.80 bits per heavy atom. The lowest BCUT2D eigenvalue weighted by Crippen LogP contribution is -2.07. The van der Waals surface area contributed by atoms with Gasteiger partial charge in [0.1, 0.15) is 5.82 Å². The van der Waals surface area contributed by atoms with E-state index in [1.54, 1.807) is 31.2 Å². The van der Waals surface area contributed by atoms with Crippen molar-refractivity contribution in [3.05, 3.63) is 59.8 Å². The van der Waals surface area contributed by atoms with Crippen molar-refractivity contribution >= 4 is 28.5 Å². The van der Waals surface area contributed by atoms with Crippen LogP contribution in [0.1, 0.15) is 12.5 Å². The summed E-state index contributed by atoms with van der Waals surface area (Å²) >= 11 is 0. The highest BCUT2D eigenvalue weighted by molar-refractivity contribution is 5.76. The summed E-state index contributed by atoms with van der Waals surface area (Å²) in [7, 11) is 0. The van der Waals surface area contributed by atoms with E-state index in [1.165, 1.54) is 6.20 Å². The fraction of sp³-hybridized carbons (Fsp3) is 0.167. The first-order valence-electron chi connectivity index (χ1n) is 7.68. The first kappa shape index (κ1) is 16.8. The zero-order chi connectivity index (χ0) is 17.8. The molecule has 0 saturated heterocycles. The van der Waals surface area contributed by atoms with E-state index in [0.29, 0.717) is 12.4 Å². The van der Waals surface area contributed by atoms with Crippen LogP contribution in [0.25, 0.3) is 11.0 Å². The van der Waals surface area contributed by atoms with Gasteiger partial charge in [0.25, 0.3) is 0 Å². The summed E-state index contributed by atoms with van der Waals surface area (Å²) < 4.78 is 31.4. The molecule has 1 heterocycles. The minimum Gasteiger partial charge on any atom is -0.466 e. The molecule has 0 saturated carbocycles. The Labute approximate surface area is 142 Å². The number of hydrogen-bond acceptors (Lipinski definition) is 5. The predicted molar refractivity (Wildman–Crippen MR) is 89.5 cm³/mol. The number of nitrogens with zero attached hydrogens (tertiary/aromatic N) is 2. The SMILES string of the molecule is CCOC(=O)Cc1ccc(Nc2cnc3cc(F)c(F)cc3n2)cc1. The Morgan fingerprint density at radius 3 is 2.48 bits per heavy atom. The molecular formula is C18H15F2N3O2. The van der Waals surface area contributed by atoms with Crippen LogP contribution in [0.4, 0.5) is 20.3 Å². The summed E-state index contributed by atoms with van der Waals surface area (Å²) in [5.74, 6) is -1.81. The van der Waals surface area contributed by atoms with Gasteiger partial charge in [-0.3, -0.25) is 9.78 Å². The summed E-state index contributed by atoms with van der Waals surface area (Å²) in [5.41, 5.74) is 2.08. The van der Waals surface area contributed by atoms with Crippen LogP contribution in [0.3, 0.4) is 0 Å². The molecule has 0 unspecified atom stereocenters. The predicted octanol–water partition coefficient (Wildman–Crippen LogP) is 3.76. The van der Waals surface area contributed by atoms with Crippen LogP contribution in [-0.4, -0.2) is 22.5 Å². The smallest absolute Gasteiger partial charge is 0.310 e. The summed E-state index contributed by atoms with van der Waals surface area (Å²) in [6.07, 6.45) is 1.64. The third-order valence-electron chi connectivity index (χ3n) is 3.46. The van der Waals surface area contributed by atoms with Gasteiger partial charge in [-0.15, -0.1) is 0 Å². The van der Waals surface area contributed by atoms with Gasteiger partial charge < -0.3 is 10.1 Å². The van der Waals surface area contributed by atoms with E-state index in [2.05, 4.69) is 15.3 Å². The Morgan fingerprint density at radius 1 is 1.12 bits per heavy atom. The van der Waals surface area contributed by atoms with E-state index in [0.717, 1.165) is 23.4 Å². The molecule has 0 aliphatic rings. The van der Waals surface area contributed by atoms with E-state index in [4.69, 9.17) is 4.74 Å². The highest BCUT2D eigenvalue weighted by Crippen LogP contribution is 2.19. The summed E-state index contributed by atoms with van der Waals surface area (Å²) in [6.45, 7) is 2.11. The molecule has 3 rings (SSSR count). The molecule has 0 spiro atoms. The summed E-state index contributed by atoms with van der Waals surface area (Å²) in [5, 5.41) is 3.03. The normalized spacial score (nSPS) is 10.7. The number of rotatable bonds is 5. The molecule has 0 aliphatic carbocycles. The molecule has 2 aromatic carbocycles. The highest BCUT2D eigenvalue weighted by Gasteiger charge is 2.08. The van der Waals surface area contributed by atoms with Gasteiger partial charge in [0.15, 0.2) is 11.6 Å². The number of halogens is 2. The molecule has 0 atom stereocenters. The zero-order valence-electron chi connectivity index (χ0n) is 13.4. The lowest BCUT2D eigenvalue weighted by atomic mass is 10.1. The molecule has 0 fully saturated rings. The number of nitrogens with one attached hydrogen (secondary N) is 1. The minimum atomic E-state index is -0.970. The lowest BCUT2D eigenvalue weighted by Gasteiger charge is -2.08. The number of esters is 1. The largest absolute Gasteiger partial charge is 0.466 e. The number of carbonyl (C=O) groups is 1. The molecular weight excluding hydrogens is 328 g/mol. The molecule has 0 bridgehead atoms. The number of anilines is 2. The van der Waals surface area contributed by atoms with Crippen molar-refractivity contribution in [3.8, 4) is 0 Å². The summed E-state index contributed by atoms with van der Waals surface area (Å²) in [4.78, 5) is 19.7. The standard InChI is InChI=1S/C18H15F2N3O2/c1-2-25-18(24)7-11-3-5-12(6-4-11)22-17-10-21-15-8-13(19)14(20)9-16(15)23-17/h3-6,8-10H,2,7H2,1H3,(H,22,23). The first-order valence-corrected chi connectivity index (χ1v) is 7.68. The topological polar surface area (TPSA) is 64.1 Å². The maximum Gasteiger partial charge on any atom is 0.310 e. The van der Waals surface area contributed by atoms with Crippen molar-refractivity contribution in [1.82, 2.24) is 9.97 Å². The van der Waals surface area contributed by atoms with Gasteiger partial charge in [-0.25, -0.2) is 13.8 Å². The Kier molecular flexibility index (Phi) is 4.83. The van der Waals surface area contributed by atoms with Crippen molar-refractivity contribution in [2.45, 2.75) is 13.3 Å². The Balaban J connectivity index is 1.74. The van der Waals surface area contributed by atoms with E-state index in [1.807, 2.05) is 0 Å². The lowest BCUT2D eigenvalue weighted by molar-refractivity contribution is -0.142. The van der Waals surface area contributed by atoms with Gasteiger partial charge in [-0.05, 0) is 24.6 Å². The molecule has 0 radical (unpaired) electrons. The van der Waals surface area contributed by atoms with E-state index < -0.39 is 11.6 Å². The fourth-order valence-electron chi connectivity index (χ4n) is 2.30. The van der Waals surface area contributed by atoms with E-state index >= 15 is 0 Å². The molecule has 0 aliphatic heterocycles. The van der Waals surface area contributed by atoms with Crippen LogP contribution in [0.2, 0.25) is 0 Å². The number of benzene rings is 2. The van der Waals surface area contributed by atoms with Crippen LogP contribution < -0.4 is 5.32 Å². The Bertz CT molecular complexity index is 914. The monoisotopic (exact) mass is 343 g/mol. The number of aromatic nitrogens is 2. The second kappa shape index (κ2) is 7.21. The van der Waals surface area contributed by atoms with Crippen molar-refractivity contribution in [1.29, 1.82) is 0 Å². The maximum atomic E-state index is 13.3. The molecule has 3 aromatic rings. The van der Waals surface area contributed by atoms with Crippen LogP contribution in [-0.2, 0) is 16.0 Å². The van der Waals surface area contributed by atoms with Crippen molar-refractivity contribution in [2.24, 2.45) is 0 Å². The fourth-order valence-corrected chi connectivity index (χ4v) is 2.30. The van der Waals surface area contributed by atoms with E-state index in [9.17, 15) is 13.6 Å². The number of carbonyl (C=O) groups excluding carboxylic acids is 1. The van der Waals surface area contributed by atoms with Crippen LogP contribution in [0.5, 0.6) is 0 Å². The third-order valence-corrected chi connectivity index (χ3v) is 3.46. The molecule has 1 aromatic heterocycles. The van der Waals surface area contributed by atoms with Crippen LogP contribution >= 0.6 is 0 Å². The minimum absolute atomic E-state index is 0.203. The van der Waals surface area contributed by atoms with Gasteiger partial charge in [0.05, 0.1) is 30.3 Å². The Hall–Kier alpha value is -3.09. The van der Waals surface area contributed by atoms with Gasteiger partial charge in [-0.1, -0.05) is 12.1 Å². The maximum absolute atomic E-state index is 13.3. The molecule has 1 N–H and O–H groups in total. The first-order chi connectivity index (χ1) is 12.0. The molecule has 25 heavy (non-hydrogen) atoms. The average Bonchev–Trinajstić information content (AvgIpc) is 2.58. The van der Waals surface area contributed by atoms with E-state index in [-0.39, 0.29) is 23.4 Å². The summed E-state index contributed by atoms with van der Waals surface area (Å²) in [6, 6.07) is 9.17. The number of fused-ring (bicyclic) bond motifs is 1. The average molecular weight is 343 g/mol. The highest BCUT2D eigenvalue weighted by atomic mass is 19.2. The zero-order valence-corrected chi connectivity index (χ0v) is 13.4. The van der Waals surface area contributed by atoms with Crippen LogP contribution in [0.15, 0.2) is 42.6 Å².